The molecule has 0 radical (unpaired) electrons. The minimum absolute atomic E-state index is 0.169. The van der Waals surface area contributed by atoms with E-state index in [0.29, 0.717) is 23.9 Å². The SMILES string of the molecule is O=c1ccc(-c2cc(F)cc(F)c2)nn1Cc1cccc(-c2ncc(OCCCN3CCOCC3)cn2)c1. The molecule has 10 heteroatoms. The Morgan fingerprint density at radius 1 is 0.921 bits per heavy atom. The molecule has 38 heavy (non-hydrogen) atoms. The largest absolute Gasteiger partial charge is 0.490 e. The number of benzene rings is 2. The van der Waals surface area contributed by atoms with Gasteiger partial charge in [-0.1, -0.05) is 18.2 Å². The number of rotatable bonds is 9. The summed E-state index contributed by atoms with van der Waals surface area (Å²) in [4.78, 5) is 23.7. The zero-order chi connectivity index (χ0) is 26.3. The molecule has 5 rings (SSSR count). The van der Waals surface area contributed by atoms with Crippen LogP contribution in [0.2, 0.25) is 0 Å². The van der Waals surface area contributed by atoms with Crippen molar-refractivity contribution in [2.75, 3.05) is 39.5 Å². The number of hydrogen-bond donors (Lipinski definition) is 0. The molecule has 0 aliphatic carbocycles. The van der Waals surface area contributed by atoms with E-state index in [4.69, 9.17) is 9.47 Å². The molecule has 1 aliphatic heterocycles. The van der Waals surface area contributed by atoms with E-state index in [1.165, 1.54) is 28.9 Å². The maximum Gasteiger partial charge on any atom is 0.267 e. The van der Waals surface area contributed by atoms with Gasteiger partial charge in [0.25, 0.3) is 5.56 Å². The number of hydrogen-bond acceptors (Lipinski definition) is 7. The minimum atomic E-state index is -0.711. The van der Waals surface area contributed by atoms with Gasteiger partial charge in [0.2, 0.25) is 0 Å². The fourth-order valence-corrected chi connectivity index (χ4v) is 4.24. The van der Waals surface area contributed by atoms with Gasteiger partial charge in [0.15, 0.2) is 11.6 Å². The third-order valence-corrected chi connectivity index (χ3v) is 6.16. The van der Waals surface area contributed by atoms with Gasteiger partial charge in [-0.05, 0) is 36.2 Å². The van der Waals surface area contributed by atoms with Crippen molar-refractivity contribution in [3.63, 3.8) is 0 Å². The lowest BCUT2D eigenvalue weighted by molar-refractivity contribution is 0.0358. The Morgan fingerprint density at radius 2 is 1.68 bits per heavy atom. The first-order chi connectivity index (χ1) is 18.5. The van der Waals surface area contributed by atoms with E-state index in [0.717, 1.165) is 56.5 Å². The quantitative estimate of drug-likeness (QED) is 0.311. The van der Waals surface area contributed by atoms with Gasteiger partial charge in [-0.15, -0.1) is 0 Å². The monoisotopic (exact) mass is 519 g/mol. The van der Waals surface area contributed by atoms with Gasteiger partial charge < -0.3 is 9.47 Å². The van der Waals surface area contributed by atoms with E-state index < -0.39 is 11.6 Å². The highest BCUT2D eigenvalue weighted by atomic mass is 19.1. The lowest BCUT2D eigenvalue weighted by Gasteiger charge is -2.26. The number of aromatic nitrogens is 4. The zero-order valence-corrected chi connectivity index (χ0v) is 20.7. The molecule has 0 saturated carbocycles. The second-order valence-corrected chi connectivity index (χ2v) is 8.97. The van der Waals surface area contributed by atoms with E-state index in [-0.39, 0.29) is 17.7 Å². The summed E-state index contributed by atoms with van der Waals surface area (Å²) in [6.07, 6.45) is 4.21. The first-order valence-corrected chi connectivity index (χ1v) is 12.4. The van der Waals surface area contributed by atoms with E-state index in [1.54, 1.807) is 12.4 Å². The minimum Gasteiger partial charge on any atom is -0.490 e. The maximum atomic E-state index is 13.7. The molecule has 4 aromatic rings. The van der Waals surface area contributed by atoms with Crippen molar-refractivity contribution in [1.29, 1.82) is 0 Å². The summed E-state index contributed by atoms with van der Waals surface area (Å²) in [6, 6.07) is 13.4. The Kier molecular flexibility index (Phi) is 8.10. The average Bonchev–Trinajstić information content (AvgIpc) is 2.93. The van der Waals surface area contributed by atoms with Crippen LogP contribution in [0.25, 0.3) is 22.6 Å². The molecule has 3 heterocycles. The summed E-state index contributed by atoms with van der Waals surface area (Å²) >= 11 is 0. The molecule has 1 aliphatic rings. The molecular weight excluding hydrogens is 492 g/mol. The van der Waals surface area contributed by atoms with Crippen molar-refractivity contribution in [3.8, 4) is 28.4 Å². The van der Waals surface area contributed by atoms with Crippen LogP contribution in [0.15, 0.2) is 71.8 Å². The van der Waals surface area contributed by atoms with Crippen LogP contribution in [0.3, 0.4) is 0 Å². The highest BCUT2D eigenvalue weighted by molar-refractivity contribution is 5.58. The van der Waals surface area contributed by atoms with Crippen LogP contribution in [-0.4, -0.2) is 64.1 Å². The fraction of sp³-hybridized carbons (Fsp3) is 0.286. The highest BCUT2D eigenvalue weighted by Gasteiger charge is 2.11. The van der Waals surface area contributed by atoms with Gasteiger partial charge in [0, 0.05) is 42.9 Å². The molecule has 8 nitrogen and oxygen atoms in total. The highest BCUT2D eigenvalue weighted by Crippen LogP contribution is 2.20. The number of ether oxygens (including phenoxy) is 2. The Hall–Kier alpha value is -4.02. The fourth-order valence-electron chi connectivity index (χ4n) is 4.24. The summed E-state index contributed by atoms with van der Waals surface area (Å²) in [5.74, 6) is -0.293. The van der Waals surface area contributed by atoms with Gasteiger partial charge in [-0.2, -0.15) is 5.10 Å². The van der Waals surface area contributed by atoms with Crippen LogP contribution < -0.4 is 10.3 Å². The second kappa shape index (κ2) is 12.0. The third kappa shape index (κ3) is 6.64. The average molecular weight is 520 g/mol. The zero-order valence-electron chi connectivity index (χ0n) is 20.7. The van der Waals surface area contributed by atoms with Gasteiger partial charge in [-0.3, -0.25) is 9.69 Å². The van der Waals surface area contributed by atoms with Crippen LogP contribution in [0.1, 0.15) is 12.0 Å². The molecule has 1 saturated heterocycles. The van der Waals surface area contributed by atoms with Crippen molar-refractivity contribution in [1.82, 2.24) is 24.6 Å². The van der Waals surface area contributed by atoms with Gasteiger partial charge in [0.05, 0.1) is 44.5 Å². The summed E-state index contributed by atoms with van der Waals surface area (Å²) in [5.41, 5.74) is 1.79. The number of halogens is 2. The van der Waals surface area contributed by atoms with Crippen molar-refractivity contribution < 1.29 is 18.3 Å². The molecular formula is C28H27F2N5O3. The first kappa shape index (κ1) is 25.6. The number of nitrogens with zero attached hydrogens (tertiary/aromatic N) is 5. The molecule has 2 aromatic carbocycles. The summed E-state index contributed by atoms with van der Waals surface area (Å²) in [7, 11) is 0. The Balaban J connectivity index is 1.23. The Morgan fingerprint density at radius 3 is 2.45 bits per heavy atom. The van der Waals surface area contributed by atoms with Gasteiger partial charge in [-0.25, -0.2) is 23.4 Å². The van der Waals surface area contributed by atoms with Gasteiger partial charge >= 0.3 is 0 Å². The Bertz CT molecular complexity index is 1420. The molecule has 0 amide bonds. The predicted octanol–water partition coefficient (Wildman–Crippen LogP) is 3.79. The molecule has 1 fully saturated rings. The van der Waals surface area contributed by atoms with E-state index >= 15 is 0 Å². The normalized spacial score (nSPS) is 13.9. The lowest BCUT2D eigenvalue weighted by Crippen LogP contribution is -2.37. The molecule has 2 aromatic heterocycles. The van der Waals surface area contributed by atoms with E-state index in [9.17, 15) is 13.6 Å². The molecule has 196 valence electrons. The summed E-state index contributed by atoms with van der Waals surface area (Å²) in [5, 5.41) is 4.31. The van der Waals surface area contributed by atoms with Crippen molar-refractivity contribution in [2.45, 2.75) is 13.0 Å². The predicted molar refractivity (Wildman–Crippen MR) is 138 cm³/mol. The molecule has 0 bridgehead atoms. The summed E-state index contributed by atoms with van der Waals surface area (Å²) in [6.45, 7) is 5.20. The summed E-state index contributed by atoms with van der Waals surface area (Å²) < 4.78 is 39.7. The van der Waals surface area contributed by atoms with Crippen LogP contribution in [0.5, 0.6) is 5.75 Å². The smallest absolute Gasteiger partial charge is 0.267 e. The second-order valence-electron chi connectivity index (χ2n) is 8.97. The maximum absolute atomic E-state index is 13.7. The van der Waals surface area contributed by atoms with Crippen molar-refractivity contribution in [3.05, 3.63) is 94.5 Å². The molecule has 0 N–H and O–H groups in total. The van der Waals surface area contributed by atoms with Crippen molar-refractivity contribution >= 4 is 0 Å². The Labute approximate surface area is 218 Å². The standard InChI is InChI=1S/C28H27F2N5O3/c29-23-14-22(15-24(30)16-23)26-5-6-27(36)35(33-26)19-20-3-1-4-21(13-20)28-31-17-25(18-32-28)38-10-2-7-34-8-11-37-12-9-34/h1,3-6,13-18H,2,7-12,19H2. The molecule has 0 atom stereocenters. The topological polar surface area (TPSA) is 82.4 Å². The third-order valence-electron chi connectivity index (χ3n) is 6.16. The van der Waals surface area contributed by atoms with Crippen LogP contribution in [0, 0.1) is 11.6 Å². The van der Waals surface area contributed by atoms with E-state index in [1.807, 2.05) is 24.3 Å². The lowest BCUT2D eigenvalue weighted by atomic mass is 10.1. The number of morpholine rings is 1. The molecule has 0 spiro atoms. The van der Waals surface area contributed by atoms with Crippen LogP contribution >= 0.6 is 0 Å². The van der Waals surface area contributed by atoms with Crippen LogP contribution in [0.4, 0.5) is 8.78 Å². The molecule has 0 unspecified atom stereocenters. The van der Waals surface area contributed by atoms with Crippen molar-refractivity contribution in [2.24, 2.45) is 0 Å². The first-order valence-electron chi connectivity index (χ1n) is 12.4. The van der Waals surface area contributed by atoms with Crippen LogP contribution in [-0.2, 0) is 11.3 Å². The van der Waals surface area contributed by atoms with Gasteiger partial charge in [0.1, 0.15) is 11.6 Å². The van der Waals surface area contributed by atoms with E-state index in [2.05, 4.69) is 20.0 Å².